The molecule has 0 atom stereocenters. The Kier molecular flexibility index (Phi) is 8.30. The normalized spacial score (nSPS) is 16.9. The molecule has 6 heteroatoms. The summed E-state index contributed by atoms with van der Waals surface area (Å²) >= 11 is 0. The number of ether oxygens (including phenoxy) is 1. The lowest BCUT2D eigenvalue weighted by molar-refractivity contribution is -0.145. The van der Waals surface area contributed by atoms with E-state index in [2.05, 4.69) is 18.7 Å². The summed E-state index contributed by atoms with van der Waals surface area (Å²) in [6.45, 7) is 7.64. The van der Waals surface area contributed by atoms with Gasteiger partial charge < -0.3 is 14.7 Å². The summed E-state index contributed by atoms with van der Waals surface area (Å²) < 4.78 is 5.30. The molecule has 0 spiro atoms. The van der Waals surface area contributed by atoms with Crippen molar-refractivity contribution >= 4 is 11.9 Å². The van der Waals surface area contributed by atoms with Crippen LogP contribution in [0.25, 0.3) is 0 Å². The van der Waals surface area contributed by atoms with Crippen molar-refractivity contribution in [1.82, 2.24) is 9.80 Å². The van der Waals surface area contributed by atoms with E-state index in [1.165, 1.54) is 0 Å². The fourth-order valence-corrected chi connectivity index (χ4v) is 2.62. The molecule has 1 aliphatic rings. The molecule has 1 amide bonds. The van der Waals surface area contributed by atoms with Crippen molar-refractivity contribution in [2.45, 2.75) is 45.6 Å². The molecule has 0 saturated carbocycles. The minimum atomic E-state index is -0.928. The van der Waals surface area contributed by atoms with Gasteiger partial charge in [-0.1, -0.05) is 13.8 Å². The number of hydrogen-bond acceptors (Lipinski definition) is 4. The number of carbonyl (C=O) groups excluding carboxylic acids is 1. The van der Waals surface area contributed by atoms with Crippen LogP contribution in [0.2, 0.25) is 0 Å². The van der Waals surface area contributed by atoms with Crippen LogP contribution in [0.1, 0.15) is 39.5 Å². The second-order valence-corrected chi connectivity index (χ2v) is 5.56. The second kappa shape index (κ2) is 9.73. The van der Waals surface area contributed by atoms with Crippen molar-refractivity contribution in [2.24, 2.45) is 0 Å². The minimum absolute atomic E-state index is 0.00911. The van der Waals surface area contributed by atoms with Gasteiger partial charge in [-0.2, -0.15) is 0 Å². The number of carboxylic acids is 1. The van der Waals surface area contributed by atoms with Crippen molar-refractivity contribution in [3.8, 4) is 0 Å². The molecule has 1 rings (SSSR count). The van der Waals surface area contributed by atoms with Crippen LogP contribution in [0.5, 0.6) is 0 Å². The number of amides is 1. The molecule has 0 unspecified atom stereocenters. The number of hydrogen-bond donors (Lipinski definition) is 1. The van der Waals surface area contributed by atoms with Gasteiger partial charge in [-0.3, -0.25) is 9.69 Å². The monoisotopic (exact) mass is 300 g/mol. The molecule has 0 aromatic carbocycles. The van der Waals surface area contributed by atoms with Gasteiger partial charge in [0.05, 0.1) is 12.6 Å². The van der Waals surface area contributed by atoms with Crippen LogP contribution in [0.4, 0.5) is 0 Å². The summed E-state index contributed by atoms with van der Waals surface area (Å²) in [7, 11) is 0. The van der Waals surface area contributed by atoms with E-state index in [0.717, 1.165) is 51.9 Å². The number of nitrogens with zero attached hydrogens (tertiary/aromatic N) is 2. The largest absolute Gasteiger partial charge is 0.480 e. The fraction of sp³-hybridized carbons (Fsp3) is 0.867. The van der Waals surface area contributed by atoms with E-state index in [-0.39, 0.29) is 18.6 Å². The third-order valence-electron chi connectivity index (χ3n) is 3.68. The molecule has 1 heterocycles. The Bertz CT molecular complexity index is 322. The van der Waals surface area contributed by atoms with Gasteiger partial charge in [-0.05, 0) is 25.7 Å². The smallest absolute Gasteiger partial charge is 0.329 e. The molecule has 6 nitrogen and oxygen atoms in total. The van der Waals surface area contributed by atoms with Crippen molar-refractivity contribution < 1.29 is 19.4 Å². The molecular weight excluding hydrogens is 272 g/mol. The zero-order valence-corrected chi connectivity index (χ0v) is 13.2. The maximum absolute atomic E-state index is 12.3. The van der Waals surface area contributed by atoms with E-state index >= 15 is 0 Å². The van der Waals surface area contributed by atoms with Crippen molar-refractivity contribution in [1.29, 1.82) is 0 Å². The van der Waals surface area contributed by atoms with Crippen LogP contribution < -0.4 is 0 Å². The average molecular weight is 300 g/mol. The second-order valence-electron chi connectivity index (χ2n) is 5.56. The van der Waals surface area contributed by atoms with E-state index in [1.54, 1.807) is 0 Å². The van der Waals surface area contributed by atoms with E-state index < -0.39 is 5.97 Å². The molecule has 1 aliphatic heterocycles. The zero-order valence-electron chi connectivity index (χ0n) is 13.2. The summed E-state index contributed by atoms with van der Waals surface area (Å²) in [6, 6.07) is 0. The Labute approximate surface area is 127 Å². The SMILES string of the molecule is CCCN(CCC)C(=O)CN1CCC(OCC(=O)O)CC1. The minimum Gasteiger partial charge on any atom is -0.480 e. The van der Waals surface area contributed by atoms with Crippen molar-refractivity contribution in [2.75, 3.05) is 39.3 Å². The first kappa shape index (κ1) is 17.9. The lowest BCUT2D eigenvalue weighted by Gasteiger charge is -2.32. The van der Waals surface area contributed by atoms with Crippen molar-refractivity contribution in [3.05, 3.63) is 0 Å². The molecule has 0 bridgehead atoms. The Balaban J connectivity index is 2.30. The summed E-state index contributed by atoms with van der Waals surface area (Å²) in [6.07, 6.45) is 3.56. The van der Waals surface area contributed by atoms with Gasteiger partial charge in [0.25, 0.3) is 0 Å². The number of likely N-dealkylation sites (tertiary alicyclic amines) is 1. The molecule has 0 aliphatic carbocycles. The Hall–Kier alpha value is -1.14. The van der Waals surface area contributed by atoms with Gasteiger partial charge in [-0.25, -0.2) is 4.79 Å². The van der Waals surface area contributed by atoms with Gasteiger partial charge in [0.15, 0.2) is 0 Å². The quantitative estimate of drug-likeness (QED) is 0.693. The third kappa shape index (κ3) is 6.91. The van der Waals surface area contributed by atoms with Crippen LogP contribution in [0.15, 0.2) is 0 Å². The van der Waals surface area contributed by atoms with E-state index in [9.17, 15) is 9.59 Å². The zero-order chi connectivity index (χ0) is 15.7. The topological polar surface area (TPSA) is 70.1 Å². The summed E-state index contributed by atoms with van der Waals surface area (Å²) in [5.41, 5.74) is 0. The van der Waals surface area contributed by atoms with Gasteiger partial charge >= 0.3 is 5.97 Å². The molecule has 21 heavy (non-hydrogen) atoms. The summed E-state index contributed by atoms with van der Waals surface area (Å²) in [5.74, 6) is -0.731. The Morgan fingerprint density at radius 3 is 2.24 bits per heavy atom. The van der Waals surface area contributed by atoms with Gasteiger partial charge in [0.1, 0.15) is 6.61 Å². The molecule has 1 N–H and O–H groups in total. The third-order valence-corrected chi connectivity index (χ3v) is 3.68. The number of carboxylic acid groups (broad SMARTS) is 1. The fourth-order valence-electron chi connectivity index (χ4n) is 2.62. The molecule has 122 valence electrons. The van der Waals surface area contributed by atoms with E-state index in [1.807, 2.05) is 4.90 Å². The molecule has 1 fully saturated rings. The lowest BCUT2D eigenvalue weighted by Crippen LogP contribution is -2.45. The predicted molar refractivity (Wildman–Crippen MR) is 80.2 cm³/mol. The summed E-state index contributed by atoms with van der Waals surface area (Å²) in [4.78, 5) is 26.8. The van der Waals surface area contributed by atoms with Crippen LogP contribution in [0, 0.1) is 0 Å². The highest BCUT2D eigenvalue weighted by molar-refractivity contribution is 5.78. The number of aliphatic carboxylic acids is 1. The first-order chi connectivity index (χ1) is 10.1. The van der Waals surface area contributed by atoms with E-state index in [0.29, 0.717) is 6.54 Å². The number of rotatable bonds is 9. The molecule has 0 radical (unpaired) electrons. The highest BCUT2D eigenvalue weighted by Gasteiger charge is 2.23. The molecule has 0 aromatic heterocycles. The van der Waals surface area contributed by atoms with Crippen molar-refractivity contribution in [3.63, 3.8) is 0 Å². The van der Waals surface area contributed by atoms with Crippen LogP contribution in [0.3, 0.4) is 0 Å². The van der Waals surface area contributed by atoms with Gasteiger partial charge in [0, 0.05) is 26.2 Å². The predicted octanol–water partition coefficient (Wildman–Crippen LogP) is 1.20. The van der Waals surface area contributed by atoms with Crippen LogP contribution in [-0.4, -0.2) is 72.2 Å². The van der Waals surface area contributed by atoms with Gasteiger partial charge in [0.2, 0.25) is 5.91 Å². The maximum atomic E-state index is 12.3. The van der Waals surface area contributed by atoms with E-state index in [4.69, 9.17) is 9.84 Å². The number of piperidine rings is 1. The summed E-state index contributed by atoms with van der Waals surface area (Å²) in [5, 5.41) is 8.59. The molecular formula is C15H28N2O4. The molecule has 1 saturated heterocycles. The van der Waals surface area contributed by atoms with Crippen LogP contribution >= 0.6 is 0 Å². The Morgan fingerprint density at radius 2 is 1.76 bits per heavy atom. The van der Waals surface area contributed by atoms with Gasteiger partial charge in [-0.15, -0.1) is 0 Å². The highest BCUT2D eigenvalue weighted by Crippen LogP contribution is 2.13. The first-order valence-electron chi connectivity index (χ1n) is 7.90. The maximum Gasteiger partial charge on any atom is 0.329 e. The highest BCUT2D eigenvalue weighted by atomic mass is 16.5. The number of carbonyl (C=O) groups is 2. The molecule has 0 aromatic rings. The average Bonchev–Trinajstić information content (AvgIpc) is 2.46. The first-order valence-corrected chi connectivity index (χ1v) is 7.90. The Morgan fingerprint density at radius 1 is 1.19 bits per heavy atom. The van der Waals surface area contributed by atoms with Crippen LogP contribution in [-0.2, 0) is 14.3 Å². The lowest BCUT2D eigenvalue weighted by atomic mass is 10.1. The standard InChI is InChI=1S/C15H28N2O4/c1-3-7-17(8-4-2)14(18)11-16-9-5-13(6-10-16)21-12-15(19)20/h13H,3-12H2,1-2H3,(H,19,20).